The Morgan fingerprint density at radius 2 is 1.93 bits per heavy atom. The van der Waals surface area contributed by atoms with Crippen LogP contribution >= 0.6 is 11.3 Å². The first-order chi connectivity index (χ1) is 13.0. The number of rotatable bonds is 7. The van der Waals surface area contributed by atoms with Crippen LogP contribution in [0.2, 0.25) is 0 Å². The van der Waals surface area contributed by atoms with Gasteiger partial charge >= 0.3 is 0 Å². The van der Waals surface area contributed by atoms with Crippen LogP contribution in [0.25, 0.3) is 10.2 Å². The number of thiazole rings is 1. The summed E-state index contributed by atoms with van der Waals surface area (Å²) >= 11 is 1.58. The number of fused-ring (bicyclic) bond motifs is 1. The Morgan fingerprint density at radius 3 is 2.67 bits per heavy atom. The number of nitrogens with zero attached hydrogens (tertiary/aromatic N) is 2. The summed E-state index contributed by atoms with van der Waals surface area (Å²) in [7, 11) is 3.28. The van der Waals surface area contributed by atoms with Crippen molar-refractivity contribution in [1.29, 1.82) is 0 Å². The van der Waals surface area contributed by atoms with Gasteiger partial charge in [-0.15, -0.1) is 11.3 Å². The minimum Gasteiger partial charge on any atom is -0.496 e. The smallest absolute Gasteiger partial charge is 0.223 e. The number of hydrogen-bond donors (Lipinski definition) is 0. The maximum absolute atomic E-state index is 12.5. The number of aryl methyl sites for hydroxylation is 1. The summed E-state index contributed by atoms with van der Waals surface area (Å²) in [6, 6.07) is 13.4. The molecule has 3 aromatic rings. The molecule has 0 saturated carbocycles. The monoisotopic (exact) mass is 382 g/mol. The number of benzene rings is 2. The summed E-state index contributed by atoms with van der Waals surface area (Å²) in [5.41, 5.74) is 2.46. The molecule has 0 saturated heterocycles. The van der Waals surface area contributed by atoms with Gasteiger partial charge in [-0.1, -0.05) is 23.8 Å². The summed E-state index contributed by atoms with van der Waals surface area (Å²) in [4.78, 5) is 31.1. The highest BCUT2D eigenvalue weighted by Crippen LogP contribution is 2.24. The average Bonchev–Trinajstić information content (AvgIpc) is 3.07. The van der Waals surface area contributed by atoms with E-state index in [4.69, 9.17) is 4.74 Å². The van der Waals surface area contributed by atoms with Gasteiger partial charge < -0.3 is 9.64 Å². The predicted molar refractivity (Wildman–Crippen MR) is 107 cm³/mol. The van der Waals surface area contributed by atoms with Gasteiger partial charge in [0.15, 0.2) is 5.78 Å². The van der Waals surface area contributed by atoms with E-state index in [0.717, 1.165) is 20.8 Å². The van der Waals surface area contributed by atoms with Crippen molar-refractivity contribution < 1.29 is 14.3 Å². The van der Waals surface area contributed by atoms with Crippen LogP contribution in [0, 0.1) is 6.92 Å². The van der Waals surface area contributed by atoms with E-state index in [0.29, 0.717) is 17.9 Å². The van der Waals surface area contributed by atoms with Gasteiger partial charge in [0.1, 0.15) is 10.8 Å². The normalized spacial score (nSPS) is 10.8. The third-order valence-electron chi connectivity index (χ3n) is 4.36. The summed E-state index contributed by atoms with van der Waals surface area (Å²) in [6.07, 6.45) is 0.320. The SMILES string of the molecule is COc1ccc(C)cc1C(=O)CCC(=O)N(C)Cc1nc2ccccc2s1. The van der Waals surface area contributed by atoms with Gasteiger partial charge in [0, 0.05) is 19.9 Å². The number of methoxy groups -OCH3 is 1. The summed E-state index contributed by atoms with van der Waals surface area (Å²) < 4.78 is 6.37. The molecule has 6 heteroatoms. The minimum absolute atomic E-state index is 0.0748. The molecular formula is C21H22N2O3S. The number of Topliss-reactive ketones (excluding diaryl/α,β-unsaturated/α-hetero) is 1. The third kappa shape index (κ3) is 4.52. The Labute approximate surface area is 162 Å². The van der Waals surface area contributed by atoms with E-state index >= 15 is 0 Å². The number of para-hydroxylation sites is 1. The second kappa shape index (κ2) is 8.31. The lowest BCUT2D eigenvalue weighted by Gasteiger charge is -2.15. The number of ether oxygens (including phenoxy) is 1. The molecule has 3 rings (SSSR count). The van der Waals surface area contributed by atoms with E-state index < -0.39 is 0 Å². The molecule has 0 bridgehead atoms. The molecule has 1 heterocycles. The van der Waals surface area contributed by atoms with Crippen molar-refractivity contribution in [2.45, 2.75) is 26.3 Å². The molecule has 0 fully saturated rings. The maximum Gasteiger partial charge on any atom is 0.223 e. The first-order valence-electron chi connectivity index (χ1n) is 8.74. The molecule has 0 radical (unpaired) electrons. The average molecular weight is 382 g/mol. The Kier molecular flexibility index (Phi) is 5.86. The second-order valence-electron chi connectivity index (χ2n) is 6.45. The zero-order valence-corrected chi connectivity index (χ0v) is 16.5. The van der Waals surface area contributed by atoms with E-state index in [1.165, 1.54) is 0 Å². The molecule has 0 spiro atoms. The zero-order valence-electron chi connectivity index (χ0n) is 15.7. The van der Waals surface area contributed by atoms with Crippen molar-refractivity contribution in [3.8, 4) is 5.75 Å². The molecule has 5 nitrogen and oxygen atoms in total. The molecule has 27 heavy (non-hydrogen) atoms. The molecule has 140 valence electrons. The summed E-state index contributed by atoms with van der Waals surface area (Å²) in [6.45, 7) is 2.37. The highest BCUT2D eigenvalue weighted by molar-refractivity contribution is 7.18. The zero-order chi connectivity index (χ0) is 19.4. The lowest BCUT2D eigenvalue weighted by molar-refractivity contribution is -0.130. The Morgan fingerprint density at radius 1 is 1.15 bits per heavy atom. The van der Waals surface area contributed by atoms with Crippen LogP contribution in [0.1, 0.15) is 33.8 Å². The van der Waals surface area contributed by atoms with Crippen LogP contribution in [0.3, 0.4) is 0 Å². The van der Waals surface area contributed by atoms with Crippen LogP contribution in [0.4, 0.5) is 0 Å². The Balaban J connectivity index is 1.60. The standard InChI is InChI=1S/C21H22N2O3S/c1-14-8-10-18(26-3)15(12-14)17(24)9-11-21(25)23(2)13-20-22-16-6-4-5-7-19(16)27-20/h4-8,10,12H,9,11,13H2,1-3H3. The van der Waals surface area contributed by atoms with Gasteiger partial charge in [0.2, 0.25) is 5.91 Å². The first kappa shape index (κ1) is 19.0. The molecule has 2 aromatic carbocycles. The fourth-order valence-corrected chi connectivity index (χ4v) is 3.89. The van der Waals surface area contributed by atoms with Gasteiger partial charge in [-0.2, -0.15) is 0 Å². The molecular weight excluding hydrogens is 360 g/mol. The topological polar surface area (TPSA) is 59.5 Å². The fraction of sp³-hybridized carbons (Fsp3) is 0.286. The highest BCUT2D eigenvalue weighted by atomic mass is 32.1. The molecule has 0 unspecified atom stereocenters. The number of carbonyl (C=O) groups excluding carboxylic acids is 2. The lowest BCUT2D eigenvalue weighted by Crippen LogP contribution is -2.26. The fourth-order valence-electron chi connectivity index (χ4n) is 2.86. The van der Waals surface area contributed by atoms with Crippen molar-refractivity contribution >= 4 is 33.2 Å². The van der Waals surface area contributed by atoms with Crippen molar-refractivity contribution in [1.82, 2.24) is 9.88 Å². The van der Waals surface area contributed by atoms with Gasteiger partial charge in [-0.25, -0.2) is 4.98 Å². The second-order valence-corrected chi connectivity index (χ2v) is 7.57. The van der Waals surface area contributed by atoms with Gasteiger partial charge in [0.25, 0.3) is 0 Å². The minimum atomic E-state index is -0.0858. The van der Waals surface area contributed by atoms with Gasteiger partial charge in [0.05, 0.1) is 29.4 Å². The number of amides is 1. The van der Waals surface area contributed by atoms with Gasteiger partial charge in [-0.3, -0.25) is 9.59 Å². The summed E-state index contributed by atoms with van der Waals surface area (Å²) in [5.74, 6) is 0.382. The number of aromatic nitrogens is 1. The van der Waals surface area contributed by atoms with Crippen molar-refractivity contribution in [3.05, 3.63) is 58.6 Å². The van der Waals surface area contributed by atoms with Crippen LogP contribution < -0.4 is 4.74 Å². The van der Waals surface area contributed by atoms with Crippen LogP contribution in [0.5, 0.6) is 5.75 Å². The first-order valence-corrected chi connectivity index (χ1v) is 9.56. The van der Waals surface area contributed by atoms with Crippen molar-refractivity contribution in [2.75, 3.05) is 14.2 Å². The Bertz CT molecular complexity index is 947. The van der Waals surface area contributed by atoms with Gasteiger partial charge in [-0.05, 0) is 31.2 Å². The molecule has 0 aliphatic carbocycles. The highest BCUT2D eigenvalue weighted by Gasteiger charge is 2.17. The third-order valence-corrected chi connectivity index (χ3v) is 5.38. The lowest BCUT2D eigenvalue weighted by atomic mass is 10.0. The van der Waals surface area contributed by atoms with Crippen molar-refractivity contribution in [3.63, 3.8) is 0 Å². The molecule has 1 aromatic heterocycles. The van der Waals surface area contributed by atoms with E-state index in [2.05, 4.69) is 4.98 Å². The van der Waals surface area contributed by atoms with Crippen molar-refractivity contribution in [2.24, 2.45) is 0 Å². The molecule has 0 atom stereocenters. The molecule has 0 aliphatic rings. The predicted octanol–water partition coefficient (Wildman–Crippen LogP) is 4.23. The Hall–Kier alpha value is -2.73. The summed E-state index contributed by atoms with van der Waals surface area (Å²) in [5, 5.41) is 0.888. The maximum atomic E-state index is 12.5. The number of hydrogen-bond acceptors (Lipinski definition) is 5. The number of carbonyl (C=O) groups is 2. The molecule has 1 amide bonds. The van der Waals surface area contributed by atoms with Crippen LogP contribution in [-0.4, -0.2) is 35.7 Å². The quantitative estimate of drug-likeness (QED) is 0.574. The van der Waals surface area contributed by atoms with E-state index in [1.807, 2.05) is 37.3 Å². The van der Waals surface area contributed by atoms with E-state index in [-0.39, 0.29) is 24.5 Å². The van der Waals surface area contributed by atoms with E-state index in [9.17, 15) is 9.59 Å². The van der Waals surface area contributed by atoms with E-state index in [1.54, 1.807) is 42.5 Å². The van der Waals surface area contributed by atoms with Crippen LogP contribution in [-0.2, 0) is 11.3 Å². The molecule has 0 aliphatic heterocycles. The largest absolute Gasteiger partial charge is 0.496 e. The number of ketones is 1. The van der Waals surface area contributed by atoms with Crippen LogP contribution in [0.15, 0.2) is 42.5 Å². The molecule has 0 N–H and O–H groups in total.